The van der Waals surface area contributed by atoms with E-state index in [0.717, 1.165) is 42.5 Å². The molecule has 0 saturated heterocycles. The first-order valence-electron chi connectivity index (χ1n) is 12.8. The Bertz CT molecular complexity index is 1310. The maximum atomic E-state index is 14.6. The number of amides is 1. The number of carbonyl (C=O) groups excluding carboxylic acids is 1. The van der Waals surface area contributed by atoms with Crippen LogP contribution in [0.5, 0.6) is 5.75 Å². The van der Waals surface area contributed by atoms with Crippen molar-refractivity contribution >= 4 is 47.4 Å². The molecule has 1 aromatic carbocycles. The Morgan fingerprint density at radius 1 is 1.08 bits per heavy atom. The third-order valence-corrected chi connectivity index (χ3v) is 8.08. The van der Waals surface area contributed by atoms with Crippen molar-refractivity contribution in [3.8, 4) is 5.75 Å². The van der Waals surface area contributed by atoms with Gasteiger partial charge in [0.2, 0.25) is 0 Å². The molecule has 0 spiro atoms. The second kappa shape index (κ2) is 12.0. The highest BCUT2D eigenvalue weighted by atomic mass is 127. The molecule has 9 heteroatoms. The predicted molar refractivity (Wildman–Crippen MR) is 157 cm³/mol. The van der Waals surface area contributed by atoms with Crippen LogP contribution in [0.1, 0.15) is 76.0 Å². The van der Waals surface area contributed by atoms with E-state index in [1.807, 2.05) is 53.7 Å². The maximum Gasteiger partial charge on any atom is 0.677 e. The van der Waals surface area contributed by atoms with E-state index >= 15 is 0 Å². The number of carbonyl (C=O) groups is 1. The third kappa shape index (κ3) is 5.42. The van der Waals surface area contributed by atoms with E-state index in [2.05, 4.69) is 29.5 Å². The molecule has 0 fully saturated rings. The molecule has 2 aromatic rings. The Hall–Kier alpha value is -2.43. The number of hydrogen-bond acceptors (Lipinski definition) is 3. The van der Waals surface area contributed by atoms with Gasteiger partial charge in [-0.1, -0.05) is 19.9 Å². The van der Waals surface area contributed by atoms with E-state index in [9.17, 15) is 13.4 Å². The molecule has 0 radical (unpaired) electrons. The Morgan fingerprint density at radius 3 is 2.24 bits per heavy atom. The largest absolute Gasteiger partial charge is 0.677 e. The fraction of sp³-hybridized carbons (Fsp3) is 0.429. The van der Waals surface area contributed by atoms with Crippen molar-refractivity contribution < 1.29 is 18.2 Å². The lowest BCUT2D eigenvalue weighted by molar-refractivity contribution is 0.157. The van der Waals surface area contributed by atoms with Gasteiger partial charge in [-0.3, -0.25) is 13.6 Å². The molecule has 1 aliphatic rings. The van der Waals surface area contributed by atoms with Gasteiger partial charge >= 0.3 is 13.5 Å². The van der Waals surface area contributed by atoms with Crippen LogP contribution >= 0.6 is 22.6 Å². The second-order valence-electron chi connectivity index (χ2n) is 9.10. The topological polar surface area (TPSA) is 46.8 Å². The zero-order valence-electron chi connectivity index (χ0n) is 22.9. The minimum Gasteiger partial charge on any atom is -0.409 e. The summed E-state index contributed by atoms with van der Waals surface area (Å²) in [7, 11) is -2.71. The summed E-state index contributed by atoms with van der Waals surface area (Å²) >= 11 is 2.13. The van der Waals surface area contributed by atoms with Gasteiger partial charge in [-0.05, 0) is 117 Å². The first kappa shape index (κ1) is 29.1. The van der Waals surface area contributed by atoms with E-state index in [1.54, 1.807) is 17.9 Å². The van der Waals surface area contributed by atoms with Gasteiger partial charge in [0.15, 0.2) is 0 Å². The summed E-state index contributed by atoms with van der Waals surface area (Å²) in [5.74, 6) is 0.393. The minimum atomic E-state index is -2.71. The quantitative estimate of drug-likeness (QED) is 0.223. The summed E-state index contributed by atoms with van der Waals surface area (Å²) < 4.78 is 36.9. The Morgan fingerprint density at radius 2 is 1.73 bits per heavy atom. The van der Waals surface area contributed by atoms with Gasteiger partial charge in [0.05, 0.1) is 9.27 Å². The van der Waals surface area contributed by atoms with Crippen LogP contribution in [0.15, 0.2) is 40.0 Å². The molecular weight excluding hydrogens is 586 g/mol. The van der Waals surface area contributed by atoms with Gasteiger partial charge < -0.3 is 14.1 Å². The zero-order valence-corrected chi connectivity index (χ0v) is 25.1. The molecule has 1 aromatic heterocycles. The number of rotatable bonds is 8. The van der Waals surface area contributed by atoms with Crippen molar-refractivity contribution in [3.63, 3.8) is 0 Å². The molecule has 0 saturated carbocycles. The summed E-state index contributed by atoms with van der Waals surface area (Å²) in [6.07, 6.45) is 0.999. The first-order chi connectivity index (χ1) is 17.5. The standard InChI is InChI=1S/C28H35BF2IN3O2/c1-9-21-16(5)26(33-18(21)7)25(27-17(6)22(10-2)19(8)35(27)29(30)31)20-13-14-23(32)24(15-20)37-28(36)34(11-3)12-4/h13-15H,9-12H2,1-8H3/b26-25-. The van der Waals surface area contributed by atoms with Crippen molar-refractivity contribution in [1.29, 1.82) is 0 Å². The lowest BCUT2D eigenvalue weighted by atomic mass is 9.92. The highest BCUT2D eigenvalue weighted by Gasteiger charge is 2.32. The molecule has 198 valence electrons. The fourth-order valence-electron chi connectivity index (χ4n) is 5.24. The van der Waals surface area contributed by atoms with E-state index < -0.39 is 13.5 Å². The van der Waals surface area contributed by atoms with Crippen LogP contribution in [0.25, 0.3) is 5.57 Å². The van der Waals surface area contributed by atoms with Crippen LogP contribution in [0.4, 0.5) is 13.4 Å². The van der Waals surface area contributed by atoms with E-state index in [0.29, 0.717) is 53.5 Å². The van der Waals surface area contributed by atoms with Crippen LogP contribution in [-0.2, 0) is 6.42 Å². The number of aliphatic imine (C=N–C) groups is 1. The minimum absolute atomic E-state index is 0.393. The highest BCUT2D eigenvalue weighted by molar-refractivity contribution is 14.1. The van der Waals surface area contributed by atoms with Gasteiger partial charge in [0.1, 0.15) is 5.75 Å². The SMILES string of the molecule is CCC1=C(C)/C(=C(\c2ccc(I)c(OC(=O)N(CC)CC)c2)c2c(C)c(CC)c(C)n2B(F)F)N=C1C. The summed E-state index contributed by atoms with van der Waals surface area (Å²) in [4.78, 5) is 19.2. The molecule has 2 heterocycles. The third-order valence-electron chi connectivity index (χ3n) is 7.19. The lowest BCUT2D eigenvalue weighted by Gasteiger charge is -2.20. The first-order valence-corrected chi connectivity index (χ1v) is 13.8. The average Bonchev–Trinajstić information content (AvgIpc) is 3.27. The van der Waals surface area contributed by atoms with E-state index in [-0.39, 0.29) is 0 Å². The van der Waals surface area contributed by atoms with Crippen molar-refractivity contribution in [2.24, 2.45) is 4.99 Å². The summed E-state index contributed by atoms with van der Waals surface area (Å²) in [6.45, 7) is 16.5. The maximum absolute atomic E-state index is 14.6. The van der Waals surface area contributed by atoms with Crippen molar-refractivity contribution in [3.05, 3.63) is 66.7 Å². The van der Waals surface area contributed by atoms with Gasteiger partial charge in [-0.15, -0.1) is 0 Å². The Kier molecular flexibility index (Phi) is 9.42. The number of nitrogens with zero attached hydrogens (tertiary/aromatic N) is 3. The average molecular weight is 621 g/mol. The molecule has 3 rings (SSSR count). The van der Waals surface area contributed by atoms with Gasteiger partial charge in [-0.2, -0.15) is 0 Å². The molecule has 1 aliphatic heterocycles. The molecule has 0 atom stereocenters. The Balaban J connectivity index is 2.38. The normalized spacial score (nSPS) is 14.7. The monoisotopic (exact) mass is 621 g/mol. The van der Waals surface area contributed by atoms with Crippen molar-refractivity contribution in [1.82, 2.24) is 9.38 Å². The summed E-state index contributed by atoms with van der Waals surface area (Å²) in [5.41, 5.74) is 7.70. The van der Waals surface area contributed by atoms with Crippen molar-refractivity contribution in [2.45, 2.75) is 68.2 Å². The second-order valence-corrected chi connectivity index (χ2v) is 10.3. The number of hydrogen-bond donors (Lipinski definition) is 0. The van der Waals surface area contributed by atoms with Crippen LogP contribution in [0.2, 0.25) is 0 Å². The van der Waals surface area contributed by atoms with Crippen molar-refractivity contribution in [2.75, 3.05) is 13.1 Å². The lowest BCUT2D eigenvalue weighted by Crippen LogP contribution is -2.33. The van der Waals surface area contributed by atoms with Crippen LogP contribution in [0.3, 0.4) is 0 Å². The number of allylic oxidation sites excluding steroid dienone is 2. The molecule has 0 unspecified atom stereocenters. The Labute approximate surface area is 233 Å². The number of benzene rings is 1. The van der Waals surface area contributed by atoms with E-state index in [4.69, 9.17) is 9.73 Å². The van der Waals surface area contributed by atoms with Gasteiger partial charge in [0.25, 0.3) is 0 Å². The zero-order chi connectivity index (χ0) is 27.6. The number of aromatic nitrogens is 1. The molecule has 0 aliphatic carbocycles. The predicted octanol–water partition coefficient (Wildman–Crippen LogP) is 7.84. The van der Waals surface area contributed by atoms with E-state index in [1.165, 1.54) is 0 Å². The molecule has 0 bridgehead atoms. The fourth-order valence-corrected chi connectivity index (χ4v) is 5.69. The van der Waals surface area contributed by atoms with Crippen LogP contribution < -0.4 is 4.74 Å². The highest BCUT2D eigenvalue weighted by Crippen LogP contribution is 2.42. The number of halogens is 3. The van der Waals surface area contributed by atoms with Gasteiger partial charge in [-0.25, -0.2) is 4.79 Å². The smallest absolute Gasteiger partial charge is 0.409 e. The molecule has 5 nitrogen and oxygen atoms in total. The molecule has 37 heavy (non-hydrogen) atoms. The van der Waals surface area contributed by atoms with Crippen LogP contribution in [0, 0.1) is 17.4 Å². The summed E-state index contributed by atoms with van der Waals surface area (Å²) in [5, 5.41) is 0. The van der Waals surface area contributed by atoms with Crippen LogP contribution in [-0.4, -0.2) is 41.7 Å². The molecule has 0 N–H and O–H groups in total. The molecular formula is C28H35BF2IN3O2. The molecule has 1 amide bonds. The van der Waals surface area contributed by atoms with Gasteiger partial charge in [0, 0.05) is 35.8 Å². The number of ether oxygens (including phenoxy) is 1. The summed E-state index contributed by atoms with van der Waals surface area (Å²) in [6, 6.07) is 5.52.